The number of nitrogens with zero attached hydrogens (tertiary/aromatic N) is 3. The number of Topliss-reactive ketones (excluding diaryl/α,β-unsaturated/α-hetero) is 1. The zero-order chi connectivity index (χ0) is 40.2. The maximum atomic E-state index is 15.1. The molecular formula is C45H54N4O8. The molecule has 302 valence electrons. The van der Waals surface area contributed by atoms with Gasteiger partial charge in [-0.1, -0.05) is 55.8 Å². The van der Waals surface area contributed by atoms with Gasteiger partial charge >= 0.3 is 11.9 Å². The fraction of sp³-hybridized carbons (Fsp3) is 0.533. The number of methoxy groups -OCH3 is 2. The summed E-state index contributed by atoms with van der Waals surface area (Å²) in [6.07, 6.45) is 7.52. The fourth-order valence-electron chi connectivity index (χ4n) is 12.9. The van der Waals surface area contributed by atoms with Crippen molar-refractivity contribution in [1.82, 2.24) is 14.8 Å². The number of carbonyl (C=O) groups excluding carboxylic acids is 3. The van der Waals surface area contributed by atoms with Crippen molar-refractivity contribution in [3.05, 3.63) is 82.6 Å². The standard InChI is InChI=1S/C45H54N4O8/c1-7-27-18-28-21-44(36(52)25-50,37-30(24-48(22-27)23-28)29-12-9-10-13-33(29)46-37)32-19-31-34(20-35(32)55-5)47(4)39-43(31)15-17-49-16-11-14-42(8-2,38(43)49)40(57-26(3)51)45(39,54)41(53)56-6/h9-14,18-20,28,38-40,46,50,54H,7-8,15-17,21-25H2,1-6H3/t28-,38+,39+,40+,42-,43+,44+,45-/m0/s1. The van der Waals surface area contributed by atoms with Crippen molar-refractivity contribution in [2.75, 3.05) is 59.0 Å². The van der Waals surface area contributed by atoms with Crippen LogP contribution in [0.2, 0.25) is 0 Å². The lowest BCUT2D eigenvalue weighted by molar-refractivity contribution is -0.228. The second-order valence-corrected chi connectivity index (χ2v) is 17.3. The van der Waals surface area contributed by atoms with Gasteiger partial charge in [-0.25, -0.2) is 4.79 Å². The van der Waals surface area contributed by atoms with E-state index >= 15 is 4.79 Å². The summed E-state index contributed by atoms with van der Waals surface area (Å²) in [6.45, 7) is 8.37. The number of likely N-dealkylation sites (N-methyl/N-ethyl adjacent to an activating group) is 1. The summed E-state index contributed by atoms with van der Waals surface area (Å²) in [7, 11) is 4.72. The third kappa shape index (κ3) is 4.84. The number of nitrogens with one attached hydrogen (secondary N) is 1. The second-order valence-electron chi connectivity index (χ2n) is 17.3. The lowest BCUT2D eigenvalue weighted by Crippen LogP contribution is -2.81. The average molecular weight is 779 g/mol. The Hall–Kier alpha value is -4.49. The molecule has 6 aliphatic rings. The van der Waals surface area contributed by atoms with E-state index in [0.29, 0.717) is 50.2 Å². The van der Waals surface area contributed by atoms with Crippen LogP contribution in [-0.2, 0) is 41.2 Å². The molecule has 0 amide bonds. The normalized spacial score (nSPS) is 35.0. The van der Waals surface area contributed by atoms with E-state index in [1.165, 1.54) is 19.6 Å². The third-order valence-electron chi connectivity index (χ3n) is 14.8. The summed E-state index contributed by atoms with van der Waals surface area (Å²) in [5.74, 6) is -1.34. The number of aromatic amines is 1. The molecule has 1 saturated heterocycles. The Labute approximate surface area is 333 Å². The van der Waals surface area contributed by atoms with Crippen molar-refractivity contribution in [2.24, 2.45) is 11.3 Å². The van der Waals surface area contributed by atoms with Crippen LogP contribution in [0.5, 0.6) is 5.75 Å². The Morgan fingerprint density at radius 3 is 2.54 bits per heavy atom. The molecule has 3 aromatic rings. The van der Waals surface area contributed by atoms with E-state index in [-0.39, 0.29) is 17.7 Å². The van der Waals surface area contributed by atoms with Gasteiger partial charge in [-0.15, -0.1) is 0 Å². The van der Waals surface area contributed by atoms with Crippen LogP contribution in [0.25, 0.3) is 10.9 Å². The van der Waals surface area contributed by atoms with Crippen LogP contribution in [0, 0.1) is 11.3 Å². The van der Waals surface area contributed by atoms with Gasteiger partial charge in [0.2, 0.25) is 5.60 Å². The molecule has 1 unspecified atom stereocenters. The first kappa shape index (κ1) is 38.1. The lowest BCUT2D eigenvalue weighted by Gasteiger charge is -2.63. The van der Waals surface area contributed by atoms with Crippen LogP contribution >= 0.6 is 0 Å². The van der Waals surface area contributed by atoms with Gasteiger partial charge in [0.25, 0.3) is 0 Å². The number of aromatic nitrogens is 1. The van der Waals surface area contributed by atoms with Crippen molar-refractivity contribution in [2.45, 2.75) is 87.6 Å². The van der Waals surface area contributed by atoms with Gasteiger partial charge in [0.05, 0.1) is 20.3 Å². The summed E-state index contributed by atoms with van der Waals surface area (Å²) >= 11 is 0. The van der Waals surface area contributed by atoms with E-state index < -0.39 is 52.5 Å². The van der Waals surface area contributed by atoms with Crippen LogP contribution in [0.1, 0.15) is 68.8 Å². The van der Waals surface area contributed by atoms with Crippen LogP contribution in [-0.4, -0.2) is 121 Å². The van der Waals surface area contributed by atoms with Crippen LogP contribution in [0.15, 0.2) is 60.2 Å². The minimum absolute atomic E-state index is 0.00270. The number of benzene rings is 2. The number of para-hydroxylation sites is 1. The van der Waals surface area contributed by atoms with E-state index in [0.717, 1.165) is 52.9 Å². The van der Waals surface area contributed by atoms with Gasteiger partial charge < -0.3 is 34.3 Å². The van der Waals surface area contributed by atoms with Crippen LogP contribution < -0.4 is 9.64 Å². The van der Waals surface area contributed by atoms with Crippen molar-refractivity contribution in [3.8, 4) is 5.75 Å². The third-order valence-corrected chi connectivity index (χ3v) is 14.8. The molecular weight excluding hydrogens is 725 g/mol. The number of carbonyl (C=O) groups is 3. The van der Waals surface area contributed by atoms with Gasteiger partial charge in [-0.2, -0.15) is 0 Å². The van der Waals surface area contributed by atoms with E-state index in [1.807, 2.05) is 43.1 Å². The van der Waals surface area contributed by atoms with Gasteiger partial charge in [0.15, 0.2) is 11.9 Å². The van der Waals surface area contributed by atoms with Crippen LogP contribution in [0.4, 0.5) is 5.69 Å². The highest BCUT2D eigenvalue weighted by Gasteiger charge is 2.80. The molecule has 2 fully saturated rings. The van der Waals surface area contributed by atoms with Crippen molar-refractivity contribution >= 4 is 34.3 Å². The van der Waals surface area contributed by atoms with Gasteiger partial charge in [-0.3, -0.25) is 19.4 Å². The zero-order valence-electron chi connectivity index (χ0n) is 33.8. The SMILES string of the molecule is CCC1=C[C@@H]2CN(C1)Cc1c([nH]c3ccccc13)[C@@](C(=O)CO)(c1cc3c(cc1OC)N(C)[C@H]1[C@@](O)(C(=O)OC)[C@H](OC(C)=O)[C@@]4(CC)C=CCN5CC[C@]31[C@H]54)C2. The molecule has 0 radical (unpaired) electrons. The lowest BCUT2D eigenvalue weighted by atomic mass is 9.47. The molecule has 12 nitrogen and oxygen atoms in total. The van der Waals surface area contributed by atoms with E-state index in [2.05, 4.69) is 52.1 Å². The number of rotatable bonds is 8. The Morgan fingerprint density at radius 1 is 1.05 bits per heavy atom. The van der Waals surface area contributed by atoms with Gasteiger partial charge in [-0.05, 0) is 61.4 Å². The van der Waals surface area contributed by atoms with Crippen molar-refractivity contribution in [1.29, 1.82) is 0 Å². The predicted octanol–water partition coefficient (Wildman–Crippen LogP) is 4.14. The number of fused-ring (bicyclic) bond motifs is 6. The molecule has 1 saturated carbocycles. The first-order chi connectivity index (χ1) is 27.4. The topological polar surface area (TPSA) is 145 Å². The zero-order valence-corrected chi connectivity index (χ0v) is 33.8. The number of aliphatic hydroxyl groups is 2. The highest BCUT2D eigenvalue weighted by Crippen LogP contribution is 2.68. The van der Waals surface area contributed by atoms with Crippen molar-refractivity contribution < 1.29 is 38.8 Å². The molecule has 3 N–H and O–H groups in total. The highest BCUT2D eigenvalue weighted by molar-refractivity contribution is 5.99. The molecule has 2 bridgehead atoms. The number of esters is 2. The Balaban J connectivity index is 1.37. The molecule has 12 heteroatoms. The van der Waals surface area contributed by atoms with Crippen molar-refractivity contribution in [3.63, 3.8) is 0 Å². The molecule has 57 heavy (non-hydrogen) atoms. The van der Waals surface area contributed by atoms with E-state index in [4.69, 9.17) is 14.2 Å². The second kappa shape index (κ2) is 13.3. The molecule has 1 aliphatic carbocycles. The molecule has 2 aromatic carbocycles. The molecule has 9 atom stereocenters. The maximum Gasteiger partial charge on any atom is 0.344 e. The number of anilines is 1. The first-order valence-electron chi connectivity index (χ1n) is 20.4. The van der Waals surface area contributed by atoms with E-state index in [1.54, 1.807) is 7.11 Å². The number of hydrogen-bond donors (Lipinski definition) is 3. The summed E-state index contributed by atoms with van der Waals surface area (Å²) < 4.78 is 17.9. The quantitative estimate of drug-likeness (QED) is 0.224. The molecule has 1 aromatic heterocycles. The number of aliphatic hydroxyl groups excluding tert-OH is 1. The maximum absolute atomic E-state index is 15.1. The first-order valence-corrected chi connectivity index (χ1v) is 20.4. The highest BCUT2D eigenvalue weighted by atomic mass is 16.6. The molecule has 1 spiro atoms. The smallest absolute Gasteiger partial charge is 0.344 e. The minimum Gasteiger partial charge on any atom is -0.496 e. The molecule has 5 aliphatic heterocycles. The molecule has 9 rings (SSSR count). The Morgan fingerprint density at radius 2 is 1.84 bits per heavy atom. The number of ketones is 1. The largest absolute Gasteiger partial charge is 0.496 e. The summed E-state index contributed by atoms with van der Waals surface area (Å²) in [5, 5.41) is 25.4. The van der Waals surface area contributed by atoms with Gasteiger partial charge in [0, 0.05) is 90.9 Å². The number of hydrogen-bond acceptors (Lipinski definition) is 11. The molecule has 6 heterocycles. The summed E-state index contributed by atoms with van der Waals surface area (Å²) in [4.78, 5) is 53.0. The number of ether oxygens (including phenoxy) is 3. The summed E-state index contributed by atoms with van der Waals surface area (Å²) in [6, 6.07) is 11.0. The Kier molecular flexibility index (Phi) is 8.86. The predicted molar refractivity (Wildman–Crippen MR) is 214 cm³/mol. The number of H-pyrrole nitrogens is 1. The monoisotopic (exact) mass is 778 g/mol. The van der Waals surface area contributed by atoms with Crippen LogP contribution in [0.3, 0.4) is 0 Å². The Bertz CT molecular complexity index is 2250. The fourth-order valence-corrected chi connectivity index (χ4v) is 12.9. The summed E-state index contributed by atoms with van der Waals surface area (Å²) in [5.41, 5.74) is 0.771. The minimum atomic E-state index is -2.29. The van der Waals surface area contributed by atoms with Gasteiger partial charge in [0.1, 0.15) is 17.8 Å². The van der Waals surface area contributed by atoms with E-state index in [9.17, 15) is 19.8 Å². The average Bonchev–Trinajstić information content (AvgIpc) is 3.87.